The Morgan fingerprint density at radius 1 is 0.568 bits per heavy atom. The van der Waals surface area contributed by atoms with E-state index in [1.165, 1.54) is 24.3 Å². The van der Waals surface area contributed by atoms with E-state index >= 15 is 0 Å². The monoisotopic (exact) mass is 566 g/mol. The number of hydrogen-bond donors (Lipinski definition) is 0. The number of hydrogen-bond acceptors (Lipinski definition) is 3. The van der Waals surface area contributed by atoms with E-state index in [4.69, 9.17) is 25.0 Å². The Bertz CT molecular complexity index is 2170. The summed E-state index contributed by atoms with van der Waals surface area (Å²) in [5.74, 6) is -1.36. The van der Waals surface area contributed by atoms with Crippen molar-refractivity contribution in [1.82, 2.24) is 0 Å². The molecule has 6 rings (SSSR count). The van der Waals surface area contributed by atoms with Crippen LogP contribution in [0.3, 0.4) is 0 Å². The van der Waals surface area contributed by atoms with Gasteiger partial charge in [-0.3, -0.25) is 0 Å². The summed E-state index contributed by atoms with van der Waals surface area (Å²) < 4.78 is 29.0. The number of rotatable bonds is 2. The lowest BCUT2D eigenvalue weighted by atomic mass is 9.88. The average Bonchev–Trinajstić information content (AvgIpc) is 3.54. The topological polar surface area (TPSA) is 84.4 Å². The lowest BCUT2D eigenvalue weighted by Gasteiger charge is -2.15. The first-order valence-electron chi connectivity index (χ1n) is 12.8. The number of nitriles is 3. The zero-order valence-corrected chi connectivity index (χ0v) is 22.4. The fourth-order valence-electron chi connectivity index (χ4n) is 5.68. The number of nitrogens with zero attached hydrogens (tertiary/aromatic N) is 6. The Morgan fingerprint density at radius 2 is 1.02 bits per heavy atom. The first-order valence-corrected chi connectivity index (χ1v) is 12.8. The first-order chi connectivity index (χ1) is 21.4. The average molecular weight is 567 g/mol. The van der Waals surface area contributed by atoms with Gasteiger partial charge in [-0.15, -0.1) is 0 Å². The van der Waals surface area contributed by atoms with Gasteiger partial charge in [-0.2, -0.15) is 5.26 Å². The third-order valence-corrected chi connectivity index (χ3v) is 7.60. The minimum absolute atomic E-state index is 0.102. The van der Waals surface area contributed by atoms with Crippen molar-refractivity contribution in [3.8, 4) is 40.5 Å². The van der Waals surface area contributed by atoms with Gasteiger partial charge in [0.05, 0.1) is 37.4 Å². The van der Waals surface area contributed by atoms with Gasteiger partial charge < -0.3 is 0 Å². The molecule has 6 nitrogen and oxygen atoms in total. The minimum Gasteiger partial charge on any atom is -0.235 e. The van der Waals surface area contributed by atoms with Crippen LogP contribution in [0, 0.1) is 65.3 Å². The number of fused-ring (bicyclic) bond motifs is 4. The molecule has 0 saturated heterocycles. The molecule has 8 heteroatoms. The summed E-state index contributed by atoms with van der Waals surface area (Å²) in [4.78, 5) is 10.1. The van der Waals surface area contributed by atoms with Gasteiger partial charge in [-0.05, 0) is 86.0 Å². The third-order valence-electron chi connectivity index (χ3n) is 7.60. The highest BCUT2D eigenvalue weighted by Gasteiger charge is 2.39. The van der Waals surface area contributed by atoms with Crippen molar-refractivity contribution in [2.75, 3.05) is 0 Å². The Kier molecular flexibility index (Phi) is 6.39. The second kappa shape index (κ2) is 10.4. The van der Waals surface area contributed by atoms with E-state index in [0.29, 0.717) is 66.8 Å². The molecule has 200 valence electrons. The summed E-state index contributed by atoms with van der Waals surface area (Å²) in [6.45, 7) is 22.7. The molecule has 44 heavy (non-hydrogen) atoms. The van der Waals surface area contributed by atoms with Gasteiger partial charge in [-0.25, -0.2) is 33.8 Å². The molecule has 0 spiro atoms. The molecule has 0 radical (unpaired) electrons. The molecule has 0 aromatic heterocycles. The van der Waals surface area contributed by atoms with Gasteiger partial charge in [0.1, 0.15) is 17.7 Å². The van der Waals surface area contributed by atoms with Crippen molar-refractivity contribution >= 4 is 28.0 Å². The highest BCUT2D eigenvalue weighted by atomic mass is 19.1. The summed E-state index contributed by atoms with van der Waals surface area (Å²) in [6.07, 6.45) is 0. The van der Waals surface area contributed by atoms with Crippen LogP contribution in [0.4, 0.5) is 14.5 Å². The van der Waals surface area contributed by atoms with Crippen LogP contribution in [-0.4, -0.2) is 0 Å². The molecule has 0 aliphatic heterocycles. The molecule has 0 fully saturated rings. The maximum absolute atomic E-state index is 14.5. The molecule has 0 amide bonds. The van der Waals surface area contributed by atoms with E-state index in [0.717, 1.165) is 0 Å². The summed E-state index contributed by atoms with van der Waals surface area (Å²) in [6, 6.07) is 24.6. The first kappa shape index (κ1) is 27.1. The van der Waals surface area contributed by atoms with Crippen molar-refractivity contribution in [3.63, 3.8) is 0 Å². The van der Waals surface area contributed by atoms with Gasteiger partial charge >= 0.3 is 0 Å². The largest absolute Gasteiger partial charge is 0.270 e. The molecule has 2 aliphatic carbocycles. The number of halogens is 2. The highest BCUT2D eigenvalue weighted by molar-refractivity contribution is 6.37. The van der Waals surface area contributed by atoms with Crippen LogP contribution in [0.1, 0.15) is 27.8 Å². The highest BCUT2D eigenvalue weighted by Crippen LogP contribution is 2.60. The fourth-order valence-corrected chi connectivity index (χ4v) is 5.68. The second-order valence-electron chi connectivity index (χ2n) is 9.75. The maximum atomic E-state index is 14.5. The molecule has 4 aromatic rings. The number of allylic oxidation sites excluding steroid dienone is 6. The van der Waals surface area contributed by atoms with Crippen LogP contribution in [0.5, 0.6) is 0 Å². The van der Waals surface area contributed by atoms with Crippen molar-refractivity contribution in [2.45, 2.75) is 0 Å². The smallest absolute Gasteiger partial charge is 0.235 e. The molecule has 0 N–H and O–H groups in total. The van der Waals surface area contributed by atoms with Crippen LogP contribution >= 0.6 is 0 Å². The standard InChI is InChI=1S/C36H12F2N6/c1-42-30-11-8-22(15-29(30)38)20-7-10-25-27(13-20)34(32(18-41)44-3)35-24-9-6-19(21-4-5-23(16-39)28(37)14-21)12-26(24)33(36(25)35)31(17-40)43-2/h4-15H/b33-31-,34-32+. The van der Waals surface area contributed by atoms with Crippen LogP contribution in [0.25, 0.3) is 59.1 Å². The van der Waals surface area contributed by atoms with Gasteiger partial charge in [0.15, 0.2) is 0 Å². The Hall–Kier alpha value is -7.10. The summed E-state index contributed by atoms with van der Waals surface area (Å²) >= 11 is 0. The number of benzene rings is 4. The van der Waals surface area contributed by atoms with E-state index < -0.39 is 11.6 Å². The van der Waals surface area contributed by atoms with Crippen molar-refractivity contribution in [2.24, 2.45) is 0 Å². The van der Waals surface area contributed by atoms with E-state index in [2.05, 4.69) is 14.5 Å². The molecule has 0 unspecified atom stereocenters. The molecule has 0 bridgehead atoms. The zero-order valence-electron chi connectivity index (χ0n) is 22.4. The second-order valence-corrected chi connectivity index (χ2v) is 9.75. The SMILES string of the molecule is [C-]#[N+]/C(C#N)=C1C2=C(/C(=C(\C#N)[N+]#[C-])c3cc(-c4ccc([N+]#[C-])c(F)c4)ccc32)c2ccc(-c3ccc(C#N)c(F)c3)cc2\1. The quantitative estimate of drug-likeness (QED) is 0.179. The predicted molar refractivity (Wildman–Crippen MR) is 160 cm³/mol. The molecular formula is C36H12F2N6. The Labute approximate surface area is 250 Å². The predicted octanol–water partition coefficient (Wildman–Crippen LogP) is 8.97. The molecule has 0 saturated carbocycles. The zero-order chi connectivity index (χ0) is 31.1. The molecule has 0 heterocycles. The minimum atomic E-state index is -0.685. The molecule has 2 aliphatic rings. The van der Waals surface area contributed by atoms with Crippen LogP contribution in [-0.2, 0) is 0 Å². The summed E-state index contributed by atoms with van der Waals surface area (Å²) in [5.41, 5.74) is 5.36. The van der Waals surface area contributed by atoms with Gasteiger partial charge in [0.2, 0.25) is 5.69 Å². The van der Waals surface area contributed by atoms with Crippen LogP contribution in [0.2, 0.25) is 0 Å². The van der Waals surface area contributed by atoms with E-state index in [-0.39, 0.29) is 22.6 Å². The van der Waals surface area contributed by atoms with Crippen LogP contribution < -0.4 is 0 Å². The van der Waals surface area contributed by atoms with E-state index in [1.807, 2.05) is 12.1 Å². The van der Waals surface area contributed by atoms with Crippen molar-refractivity contribution in [3.05, 3.63) is 158 Å². The van der Waals surface area contributed by atoms with Crippen molar-refractivity contribution < 1.29 is 8.78 Å². The Morgan fingerprint density at radius 3 is 1.43 bits per heavy atom. The molecular weight excluding hydrogens is 554 g/mol. The van der Waals surface area contributed by atoms with E-state index in [9.17, 15) is 19.3 Å². The van der Waals surface area contributed by atoms with Gasteiger partial charge in [0.25, 0.3) is 11.4 Å². The molecule has 4 aromatic carbocycles. The Balaban J connectivity index is 1.62. The lowest BCUT2D eigenvalue weighted by molar-refractivity contribution is 0.624. The van der Waals surface area contributed by atoms with Crippen molar-refractivity contribution in [1.29, 1.82) is 15.8 Å². The summed E-state index contributed by atoms with van der Waals surface area (Å²) in [5, 5.41) is 29.1. The molecule has 0 atom stereocenters. The normalized spacial score (nSPS) is 14.5. The van der Waals surface area contributed by atoms with E-state index in [1.54, 1.807) is 54.6 Å². The third kappa shape index (κ3) is 3.94. The van der Waals surface area contributed by atoms with Crippen LogP contribution in [0.15, 0.2) is 84.2 Å². The van der Waals surface area contributed by atoms with Gasteiger partial charge in [0, 0.05) is 11.1 Å². The summed E-state index contributed by atoms with van der Waals surface area (Å²) in [7, 11) is 0. The fraction of sp³-hybridized carbons (Fsp3) is 0. The lowest BCUT2D eigenvalue weighted by Crippen LogP contribution is -1.96. The maximum Gasteiger partial charge on any atom is 0.270 e. The van der Waals surface area contributed by atoms with Gasteiger partial charge in [-0.1, -0.05) is 42.5 Å².